The SMILES string of the molecule is C=CCSc1nnc(C2(NS(=O)(=O)c3ccc(Cl)cc3)CCC2)n1C. The highest BCUT2D eigenvalue weighted by Gasteiger charge is 2.46. The molecule has 1 aromatic carbocycles. The van der Waals surface area contributed by atoms with Gasteiger partial charge in [0.25, 0.3) is 0 Å². The molecule has 1 heterocycles. The van der Waals surface area contributed by atoms with Crippen LogP contribution in [0.25, 0.3) is 0 Å². The number of thioether (sulfide) groups is 1. The lowest BCUT2D eigenvalue weighted by Gasteiger charge is -2.40. The Hall–Kier alpha value is -1.35. The zero-order chi connectivity index (χ0) is 18.1. The van der Waals surface area contributed by atoms with Crippen LogP contribution in [0.15, 0.2) is 47.0 Å². The highest BCUT2D eigenvalue weighted by atomic mass is 35.5. The van der Waals surface area contributed by atoms with E-state index in [2.05, 4.69) is 21.5 Å². The van der Waals surface area contributed by atoms with Gasteiger partial charge in [0.05, 0.1) is 10.4 Å². The van der Waals surface area contributed by atoms with E-state index in [4.69, 9.17) is 11.6 Å². The van der Waals surface area contributed by atoms with Crippen LogP contribution in [0.2, 0.25) is 5.02 Å². The normalized spacial score (nSPS) is 16.4. The number of sulfonamides is 1. The van der Waals surface area contributed by atoms with Gasteiger partial charge in [-0.3, -0.25) is 0 Å². The summed E-state index contributed by atoms with van der Waals surface area (Å²) in [5.74, 6) is 1.36. The standard InChI is InChI=1S/C16H19ClN4O2S2/c1-3-11-24-15-19-18-14(21(15)2)16(9-4-10-16)20-25(22,23)13-7-5-12(17)6-8-13/h3,5-8,20H,1,4,9-11H2,2H3. The lowest BCUT2D eigenvalue weighted by molar-refractivity contribution is 0.203. The van der Waals surface area contributed by atoms with E-state index in [0.717, 1.165) is 17.3 Å². The van der Waals surface area contributed by atoms with Gasteiger partial charge >= 0.3 is 0 Å². The predicted octanol–water partition coefficient (Wildman–Crippen LogP) is 3.10. The molecule has 6 nitrogen and oxygen atoms in total. The Morgan fingerprint density at radius 1 is 1.36 bits per heavy atom. The van der Waals surface area contributed by atoms with Gasteiger partial charge in [-0.2, -0.15) is 4.72 Å². The molecule has 2 aromatic rings. The van der Waals surface area contributed by atoms with Crippen LogP contribution < -0.4 is 4.72 Å². The van der Waals surface area contributed by atoms with Crippen molar-refractivity contribution in [3.05, 3.63) is 47.8 Å². The van der Waals surface area contributed by atoms with E-state index in [9.17, 15) is 8.42 Å². The smallest absolute Gasteiger partial charge is 0.241 e. The van der Waals surface area contributed by atoms with E-state index in [1.54, 1.807) is 18.2 Å². The first-order valence-electron chi connectivity index (χ1n) is 7.81. The second kappa shape index (κ2) is 7.11. The lowest BCUT2D eigenvalue weighted by atomic mass is 9.77. The molecule has 0 amide bonds. The van der Waals surface area contributed by atoms with Crippen molar-refractivity contribution in [2.24, 2.45) is 7.05 Å². The van der Waals surface area contributed by atoms with Crippen LogP contribution in [0.4, 0.5) is 0 Å². The molecule has 0 bridgehead atoms. The fraction of sp³-hybridized carbons (Fsp3) is 0.375. The van der Waals surface area contributed by atoms with Crippen LogP contribution >= 0.6 is 23.4 Å². The van der Waals surface area contributed by atoms with Crippen LogP contribution in [-0.2, 0) is 22.6 Å². The van der Waals surface area contributed by atoms with E-state index in [-0.39, 0.29) is 4.90 Å². The van der Waals surface area contributed by atoms with Crippen molar-refractivity contribution in [1.82, 2.24) is 19.5 Å². The molecule has 25 heavy (non-hydrogen) atoms. The minimum absolute atomic E-state index is 0.187. The van der Waals surface area contributed by atoms with Gasteiger partial charge in [-0.15, -0.1) is 16.8 Å². The fourth-order valence-corrected chi connectivity index (χ4v) is 5.02. The van der Waals surface area contributed by atoms with Crippen LogP contribution in [0.1, 0.15) is 25.1 Å². The highest BCUT2D eigenvalue weighted by molar-refractivity contribution is 7.99. The molecule has 1 aromatic heterocycles. The molecular weight excluding hydrogens is 380 g/mol. The second-order valence-electron chi connectivity index (χ2n) is 5.96. The van der Waals surface area contributed by atoms with Crippen molar-refractivity contribution >= 4 is 33.4 Å². The maximum atomic E-state index is 12.8. The minimum atomic E-state index is -3.68. The zero-order valence-corrected chi connectivity index (χ0v) is 16.2. The van der Waals surface area contributed by atoms with Gasteiger partial charge in [0, 0.05) is 17.8 Å². The lowest BCUT2D eigenvalue weighted by Crippen LogP contribution is -2.52. The van der Waals surface area contributed by atoms with Crippen molar-refractivity contribution in [3.63, 3.8) is 0 Å². The van der Waals surface area contributed by atoms with Gasteiger partial charge in [0.2, 0.25) is 10.0 Å². The van der Waals surface area contributed by atoms with Gasteiger partial charge in [0.1, 0.15) is 0 Å². The molecule has 134 valence electrons. The average Bonchev–Trinajstić information content (AvgIpc) is 2.90. The summed E-state index contributed by atoms with van der Waals surface area (Å²) >= 11 is 7.36. The first-order valence-corrected chi connectivity index (χ1v) is 10.7. The maximum Gasteiger partial charge on any atom is 0.241 e. The molecule has 1 N–H and O–H groups in total. The summed E-state index contributed by atoms with van der Waals surface area (Å²) in [6, 6.07) is 6.13. The number of rotatable bonds is 7. The zero-order valence-electron chi connectivity index (χ0n) is 13.8. The molecule has 0 spiro atoms. The van der Waals surface area contributed by atoms with E-state index in [1.807, 2.05) is 11.6 Å². The number of benzene rings is 1. The van der Waals surface area contributed by atoms with E-state index < -0.39 is 15.6 Å². The summed E-state index contributed by atoms with van der Waals surface area (Å²) in [6.07, 6.45) is 4.11. The Bertz CT molecular complexity index is 874. The molecule has 0 aliphatic heterocycles. The predicted molar refractivity (Wildman–Crippen MR) is 99.2 cm³/mol. The largest absolute Gasteiger partial charge is 0.308 e. The van der Waals surface area contributed by atoms with E-state index in [1.165, 1.54) is 23.9 Å². The molecule has 0 atom stereocenters. The molecule has 0 saturated heterocycles. The van der Waals surface area contributed by atoms with Gasteiger partial charge in [-0.25, -0.2) is 8.42 Å². The average molecular weight is 399 g/mol. The summed E-state index contributed by atoms with van der Waals surface area (Å²) in [5.41, 5.74) is -0.715. The number of hydrogen-bond donors (Lipinski definition) is 1. The van der Waals surface area contributed by atoms with E-state index >= 15 is 0 Å². The molecule has 9 heteroatoms. The first kappa shape index (κ1) is 18.4. The third-order valence-electron chi connectivity index (χ3n) is 4.25. The second-order valence-corrected chi connectivity index (χ2v) is 9.07. The van der Waals surface area contributed by atoms with Crippen molar-refractivity contribution in [1.29, 1.82) is 0 Å². The highest BCUT2D eigenvalue weighted by Crippen LogP contribution is 2.42. The molecule has 1 aliphatic carbocycles. The fourth-order valence-electron chi connectivity index (χ4n) is 2.82. The van der Waals surface area contributed by atoms with Gasteiger partial charge in [-0.1, -0.05) is 29.4 Å². The maximum absolute atomic E-state index is 12.8. The van der Waals surface area contributed by atoms with E-state index in [0.29, 0.717) is 23.7 Å². The molecule has 1 fully saturated rings. The Kier molecular flexibility index (Phi) is 5.24. The Balaban J connectivity index is 1.90. The molecule has 1 saturated carbocycles. The van der Waals surface area contributed by atoms with Gasteiger partial charge in [0.15, 0.2) is 11.0 Å². The van der Waals surface area contributed by atoms with Gasteiger partial charge in [-0.05, 0) is 43.5 Å². The summed E-state index contributed by atoms with van der Waals surface area (Å²) in [6.45, 7) is 3.70. The van der Waals surface area contributed by atoms with Crippen molar-refractivity contribution in [3.8, 4) is 0 Å². The number of nitrogens with zero attached hydrogens (tertiary/aromatic N) is 3. The van der Waals surface area contributed by atoms with Crippen LogP contribution in [-0.4, -0.2) is 28.9 Å². The number of halogens is 1. The Morgan fingerprint density at radius 3 is 2.60 bits per heavy atom. The molecule has 0 radical (unpaired) electrons. The van der Waals surface area contributed by atoms with Crippen LogP contribution in [0, 0.1) is 0 Å². The Morgan fingerprint density at radius 2 is 2.04 bits per heavy atom. The number of hydrogen-bond acceptors (Lipinski definition) is 5. The van der Waals surface area contributed by atoms with Crippen LogP contribution in [0.5, 0.6) is 0 Å². The molecule has 3 rings (SSSR count). The topological polar surface area (TPSA) is 76.9 Å². The number of aromatic nitrogens is 3. The van der Waals surface area contributed by atoms with Crippen molar-refractivity contribution in [2.75, 3.05) is 5.75 Å². The summed E-state index contributed by atoms with van der Waals surface area (Å²) < 4.78 is 30.3. The number of nitrogens with one attached hydrogen (secondary N) is 1. The summed E-state index contributed by atoms with van der Waals surface area (Å²) in [7, 11) is -1.82. The monoisotopic (exact) mass is 398 g/mol. The summed E-state index contributed by atoms with van der Waals surface area (Å²) in [5, 5.41) is 9.69. The first-order chi connectivity index (χ1) is 11.9. The van der Waals surface area contributed by atoms with Crippen LogP contribution in [0.3, 0.4) is 0 Å². The van der Waals surface area contributed by atoms with Gasteiger partial charge < -0.3 is 4.57 Å². The third-order valence-corrected chi connectivity index (χ3v) is 7.07. The molecular formula is C16H19ClN4O2S2. The quantitative estimate of drug-likeness (QED) is 0.572. The van der Waals surface area contributed by atoms with Crippen molar-refractivity contribution in [2.45, 2.75) is 34.9 Å². The molecule has 0 unspecified atom stereocenters. The van der Waals surface area contributed by atoms with Crippen molar-refractivity contribution < 1.29 is 8.42 Å². The summed E-state index contributed by atoms with van der Waals surface area (Å²) in [4.78, 5) is 0.187. The minimum Gasteiger partial charge on any atom is -0.308 e. The Labute approximate surface area is 156 Å². The molecule has 1 aliphatic rings. The third kappa shape index (κ3) is 3.62.